The van der Waals surface area contributed by atoms with Crippen LogP contribution in [0.1, 0.15) is 32.7 Å². The van der Waals surface area contributed by atoms with Gasteiger partial charge >= 0.3 is 5.69 Å². The minimum atomic E-state index is -0.342. The number of halogens is 1. The van der Waals surface area contributed by atoms with Crippen molar-refractivity contribution in [1.82, 2.24) is 19.5 Å². The highest BCUT2D eigenvalue weighted by Crippen LogP contribution is 2.32. The van der Waals surface area contributed by atoms with Crippen molar-refractivity contribution in [2.24, 2.45) is 0 Å². The molecule has 3 heterocycles. The fraction of sp³-hybridized carbons (Fsp3) is 0.182. The highest BCUT2D eigenvalue weighted by molar-refractivity contribution is 6.32. The van der Waals surface area contributed by atoms with Crippen molar-refractivity contribution in [1.29, 1.82) is 0 Å². The first-order chi connectivity index (χ1) is 15.0. The number of aryl methyl sites for hydroxylation is 1. The van der Waals surface area contributed by atoms with E-state index in [9.17, 15) is 14.4 Å². The molecule has 2 amide bonds. The van der Waals surface area contributed by atoms with Gasteiger partial charge in [0.1, 0.15) is 5.75 Å². The molecule has 2 aromatic heterocycles. The number of aromatic amines is 1. The Kier molecular flexibility index (Phi) is 4.51. The SMILES string of the molecule is Cc1cc2n[nH]c(=O)n2c2cc(Cl)c(OCCCN3C(=O)c4ccccc4C3=O)cc12. The van der Waals surface area contributed by atoms with Gasteiger partial charge in [-0.15, -0.1) is 0 Å². The van der Waals surface area contributed by atoms with E-state index >= 15 is 0 Å². The van der Waals surface area contributed by atoms with Crippen LogP contribution in [0.5, 0.6) is 5.75 Å². The maximum atomic E-state index is 12.4. The van der Waals surface area contributed by atoms with Crippen LogP contribution in [0.4, 0.5) is 0 Å². The average Bonchev–Trinajstić information content (AvgIpc) is 3.24. The smallest absolute Gasteiger partial charge is 0.348 e. The molecule has 0 bridgehead atoms. The van der Waals surface area contributed by atoms with Crippen LogP contribution in [0.25, 0.3) is 16.6 Å². The monoisotopic (exact) mass is 436 g/mol. The van der Waals surface area contributed by atoms with Crippen LogP contribution in [0, 0.1) is 6.92 Å². The van der Waals surface area contributed by atoms with Gasteiger partial charge in [0.25, 0.3) is 11.8 Å². The van der Waals surface area contributed by atoms with Crippen LogP contribution in [0.3, 0.4) is 0 Å². The van der Waals surface area contributed by atoms with Gasteiger partial charge in [0.2, 0.25) is 0 Å². The van der Waals surface area contributed by atoms with Crippen molar-refractivity contribution in [3.63, 3.8) is 0 Å². The Morgan fingerprint density at radius 1 is 1.06 bits per heavy atom. The third kappa shape index (κ3) is 3.07. The zero-order chi connectivity index (χ0) is 21.7. The highest BCUT2D eigenvalue weighted by Gasteiger charge is 2.34. The Labute approximate surface area is 181 Å². The summed E-state index contributed by atoms with van der Waals surface area (Å²) in [5, 5.41) is 7.60. The number of aromatic nitrogens is 3. The van der Waals surface area contributed by atoms with Gasteiger partial charge in [0, 0.05) is 11.9 Å². The molecule has 0 unspecified atom stereocenters. The normalized spacial score (nSPS) is 13.4. The van der Waals surface area contributed by atoms with Crippen LogP contribution >= 0.6 is 11.6 Å². The third-order valence-electron chi connectivity index (χ3n) is 5.42. The van der Waals surface area contributed by atoms with E-state index in [0.29, 0.717) is 39.5 Å². The van der Waals surface area contributed by atoms with Crippen LogP contribution < -0.4 is 10.4 Å². The quantitative estimate of drug-likeness (QED) is 0.383. The largest absolute Gasteiger partial charge is 0.492 e. The minimum absolute atomic E-state index is 0.252. The van der Waals surface area contributed by atoms with E-state index in [-0.39, 0.29) is 30.7 Å². The molecule has 31 heavy (non-hydrogen) atoms. The number of fused-ring (bicyclic) bond motifs is 4. The number of pyridine rings is 1. The zero-order valence-electron chi connectivity index (χ0n) is 16.5. The summed E-state index contributed by atoms with van der Waals surface area (Å²) in [5.74, 6) is -0.0976. The summed E-state index contributed by atoms with van der Waals surface area (Å²) < 4.78 is 7.30. The molecule has 0 atom stereocenters. The van der Waals surface area contributed by atoms with Gasteiger partial charge in [-0.05, 0) is 49.2 Å². The molecule has 5 rings (SSSR count). The van der Waals surface area contributed by atoms with Crippen LogP contribution in [-0.4, -0.2) is 44.5 Å². The van der Waals surface area contributed by atoms with E-state index in [1.54, 1.807) is 42.5 Å². The number of hydrogen-bond donors (Lipinski definition) is 1. The standard InChI is InChI=1S/C22H17ClN4O4/c1-12-9-19-24-25-22(30)27(19)17-11-16(23)18(10-15(12)17)31-8-4-7-26-20(28)13-5-2-3-6-14(13)21(26)29/h2-3,5-6,9-11H,4,7-8H2,1H3,(H,25,30). The van der Waals surface area contributed by atoms with Gasteiger partial charge in [-0.1, -0.05) is 23.7 Å². The van der Waals surface area contributed by atoms with Crippen molar-refractivity contribution in [2.45, 2.75) is 13.3 Å². The zero-order valence-corrected chi connectivity index (χ0v) is 17.3. The number of carbonyl (C=O) groups is 2. The summed E-state index contributed by atoms with van der Waals surface area (Å²) >= 11 is 6.40. The van der Waals surface area contributed by atoms with Gasteiger partial charge < -0.3 is 4.74 Å². The van der Waals surface area contributed by atoms with E-state index < -0.39 is 0 Å². The van der Waals surface area contributed by atoms with E-state index in [0.717, 1.165) is 10.9 Å². The Morgan fingerprint density at radius 3 is 2.48 bits per heavy atom. The number of ether oxygens (including phenoxy) is 1. The Morgan fingerprint density at radius 2 is 1.77 bits per heavy atom. The molecule has 0 saturated heterocycles. The maximum Gasteiger partial charge on any atom is 0.348 e. The number of nitrogens with one attached hydrogen (secondary N) is 1. The molecule has 1 aliphatic heterocycles. The van der Waals surface area contributed by atoms with Crippen molar-refractivity contribution >= 4 is 40.0 Å². The molecule has 1 N–H and O–H groups in total. The lowest BCUT2D eigenvalue weighted by Crippen LogP contribution is -2.31. The van der Waals surface area contributed by atoms with Crippen molar-refractivity contribution in [2.75, 3.05) is 13.2 Å². The molecule has 2 aromatic carbocycles. The number of amides is 2. The predicted octanol–water partition coefficient (Wildman–Crippen LogP) is 3.20. The molecular weight excluding hydrogens is 420 g/mol. The van der Waals surface area contributed by atoms with Gasteiger partial charge in [0.15, 0.2) is 5.65 Å². The summed E-state index contributed by atoms with van der Waals surface area (Å²) in [7, 11) is 0. The van der Waals surface area contributed by atoms with Crippen molar-refractivity contribution < 1.29 is 14.3 Å². The lowest BCUT2D eigenvalue weighted by atomic mass is 10.1. The lowest BCUT2D eigenvalue weighted by molar-refractivity contribution is 0.0646. The number of H-pyrrole nitrogens is 1. The first kappa shape index (κ1) is 19.3. The molecular formula is C22H17ClN4O4. The predicted molar refractivity (Wildman–Crippen MR) is 115 cm³/mol. The summed E-state index contributed by atoms with van der Waals surface area (Å²) in [4.78, 5) is 38.2. The number of benzene rings is 2. The molecule has 0 spiro atoms. The van der Waals surface area contributed by atoms with Gasteiger partial charge in [0.05, 0.1) is 28.3 Å². The molecule has 0 fully saturated rings. The number of carbonyl (C=O) groups excluding carboxylic acids is 2. The van der Waals surface area contributed by atoms with Gasteiger partial charge in [-0.2, -0.15) is 5.10 Å². The second kappa shape index (κ2) is 7.24. The Balaban J connectivity index is 1.32. The van der Waals surface area contributed by atoms with E-state index in [4.69, 9.17) is 16.3 Å². The van der Waals surface area contributed by atoms with Crippen LogP contribution in [0.15, 0.2) is 47.3 Å². The van der Waals surface area contributed by atoms with Gasteiger partial charge in [-0.25, -0.2) is 14.3 Å². The topological polar surface area (TPSA) is 96.8 Å². The Bertz CT molecular complexity index is 1400. The molecule has 0 aliphatic carbocycles. The fourth-order valence-corrected chi connectivity index (χ4v) is 4.12. The molecule has 156 valence electrons. The highest BCUT2D eigenvalue weighted by atomic mass is 35.5. The van der Waals surface area contributed by atoms with Gasteiger partial charge in [-0.3, -0.25) is 14.5 Å². The van der Waals surface area contributed by atoms with E-state index in [1.165, 1.54) is 9.30 Å². The summed E-state index contributed by atoms with van der Waals surface area (Å²) in [6.07, 6.45) is 0.457. The second-order valence-electron chi connectivity index (χ2n) is 7.36. The molecule has 4 aromatic rings. The summed E-state index contributed by atoms with van der Waals surface area (Å²) in [5.41, 5.74) is 2.60. The average molecular weight is 437 g/mol. The fourth-order valence-electron chi connectivity index (χ4n) is 3.91. The number of nitrogens with zero attached hydrogens (tertiary/aromatic N) is 3. The minimum Gasteiger partial charge on any atom is -0.492 e. The first-order valence-corrected chi connectivity index (χ1v) is 10.1. The van der Waals surface area contributed by atoms with Crippen LogP contribution in [0.2, 0.25) is 5.02 Å². The third-order valence-corrected chi connectivity index (χ3v) is 5.72. The summed E-state index contributed by atoms with van der Waals surface area (Å²) in [6, 6.07) is 12.1. The molecule has 1 aliphatic rings. The first-order valence-electron chi connectivity index (χ1n) is 9.74. The molecule has 8 nitrogen and oxygen atoms in total. The molecule has 0 radical (unpaired) electrons. The van der Waals surface area contributed by atoms with Crippen LogP contribution in [-0.2, 0) is 0 Å². The number of rotatable bonds is 5. The number of imide groups is 1. The summed E-state index contributed by atoms with van der Waals surface area (Å²) in [6.45, 7) is 2.44. The second-order valence-corrected chi connectivity index (χ2v) is 7.77. The number of hydrogen-bond acceptors (Lipinski definition) is 5. The maximum absolute atomic E-state index is 12.4. The molecule has 9 heteroatoms. The van der Waals surface area contributed by atoms with Crippen molar-refractivity contribution in [3.05, 3.63) is 74.7 Å². The van der Waals surface area contributed by atoms with E-state index in [2.05, 4.69) is 10.2 Å². The van der Waals surface area contributed by atoms with E-state index in [1.807, 2.05) is 6.92 Å². The lowest BCUT2D eigenvalue weighted by Gasteiger charge is -2.15. The Hall–Kier alpha value is -3.65. The van der Waals surface area contributed by atoms with Crippen molar-refractivity contribution in [3.8, 4) is 5.75 Å². The molecule has 0 saturated carbocycles.